The van der Waals surface area contributed by atoms with Gasteiger partial charge in [-0.3, -0.25) is 11.3 Å². The average Bonchev–Trinajstić information content (AvgIpc) is 2.52. The first kappa shape index (κ1) is 9.19. The summed E-state index contributed by atoms with van der Waals surface area (Å²) in [6.07, 6.45) is 5.17. The molecule has 2 nitrogen and oxygen atoms in total. The Balaban J connectivity index is 1.90. The van der Waals surface area contributed by atoms with Crippen LogP contribution in [-0.2, 0) is 6.42 Å². The first-order valence-corrected chi connectivity index (χ1v) is 5.76. The minimum Gasteiger partial charge on any atom is -0.271 e. The van der Waals surface area contributed by atoms with Crippen LogP contribution in [-0.4, -0.2) is 6.04 Å². The van der Waals surface area contributed by atoms with Gasteiger partial charge in [0.1, 0.15) is 0 Å². The van der Waals surface area contributed by atoms with E-state index in [1.54, 1.807) is 0 Å². The van der Waals surface area contributed by atoms with Gasteiger partial charge >= 0.3 is 0 Å². The highest BCUT2D eigenvalue weighted by Gasteiger charge is 2.26. The van der Waals surface area contributed by atoms with Crippen molar-refractivity contribution in [1.29, 1.82) is 0 Å². The topological polar surface area (TPSA) is 38.0 Å². The molecule has 0 aromatic carbocycles. The first-order chi connectivity index (χ1) is 6.40. The molecule has 0 amide bonds. The maximum absolute atomic E-state index is 5.55. The van der Waals surface area contributed by atoms with E-state index < -0.39 is 0 Å². The molecule has 0 saturated heterocycles. The second-order valence-electron chi connectivity index (χ2n) is 3.75. The molecule has 0 aliphatic heterocycles. The Morgan fingerprint density at radius 2 is 2.46 bits per heavy atom. The first-order valence-electron chi connectivity index (χ1n) is 4.88. The highest BCUT2D eigenvalue weighted by molar-refractivity contribution is 7.09. The average molecular weight is 196 g/mol. The van der Waals surface area contributed by atoms with Crippen molar-refractivity contribution in [2.24, 2.45) is 11.8 Å². The monoisotopic (exact) mass is 196 g/mol. The van der Waals surface area contributed by atoms with Crippen LogP contribution in [0, 0.1) is 5.92 Å². The summed E-state index contributed by atoms with van der Waals surface area (Å²) in [5, 5.41) is 2.13. The largest absolute Gasteiger partial charge is 0.271 e. The van der Waals surface area contributed by atoms with Crippen molar-refractivity contribution in [2.75, 3.05) is 0 Å². The van der Waals surface area contributed by atoms with Gasteiger partial charge in [-0.15, -0.1) is 11.3 Å². The Labute approximate surface area is 83.1 Å². The summed E-state index contributed by atoms with van der Waals surface area (Å²) in [6, 6.07) is 4.79. The van der Waals surface area contributed by atoms with Crippen molar-refractivity contribution in [3.63, 3.8) is 0 Å². The molecular weight excluding hydrogens is 180 g/mol. The van der Waals surface area contributed by atoms with Gasteiger partial charge in [0, 0.05) is 10.9 Å². The van der Waals surface area contributed by atoms with Crippen molar-refractivity contribution in [1.82, 2.24) is 5.43 Å². The van der Waals surface area contributed by atoms with E-state index in [0.29, 0.717) is 6.04 Å². The van der Waals surface area contributed by atoms with E-state index in [2.05, 4.69) is 22.9 Å². The van der Waals surface area contributed by atoms with E-state index in [-0.39, 0.29) is 0 Å². The third-order valence-electron chi connectivity index (χ3n) is 2.93. The van der Waals surface area contributed by atoms with Crippen molar-refractivity contribution in [3.8, 4) is 0 Å². The molecule has 1 unspecified atom stereocenters. The van der Waals surface area contributed by atoms with Gasteiger partial charge in [0.25, 0.3) is 0 Å². The van der Waals surface area contributed by atoms with Gasteiger partial charge < -0.3 is 0 Å². The molecular formula is C10H16N2S. The quantitative estimate of drug-likeness (QED) is 0.570. The van der Waals surface area contributed by atoms with Gasteiger partial charge in [-0.25, -0.2) is 0 Å². The zero-order chi connectivity index (χ0) is 9.10. The smallest absolute Gasteiger partial charge is 0.0286 e. The lowest BCUT2D eigenvalue weighted by molar-refractivity contribution is 0.229. The predicted molar refractivity (Wildman–Crippen MR) is 56.5 cm³/mol. The Hall–Kier alpha value is -0.380. The second-order valence-corrected chi connectivity index (χ2v) is 4.78. The van der Waals surface area contributed by atoms with Gasteiger partial charge in [-0.2, -0.15) is 0 Å². The minimum atomic E-state index is 0.493. The Morgan fingerprint density at radius 3 is 2.92 bits per heavy atom. The Kier molecular flexibility index (Phi) is 2.98. The third kappa shape index (κ3) is 2.10. The van der Waals surface area contributed by atoms with Crippen molar-refractivity contribution in [3.05, 3.63) is 22.4 Å². The summed E-state index contributed by atoms with van der Waals surface area (Å²) in [7, 11) is 0. The highest BCUT2D eigenvalue weighted by Crippen LogP contribution is 2.31. The van der Waals surface area contributed by atoms with E-state index in [0.717, 1.165) is 12.3 Å². The lowest BCUT2D eigenvalue weighted by Crippen LogP contribution is -2.44. The molecule has 0 radical (unpaired) electrons. The van der Waals surface area contributed by atoms with Crippen LogP contribution in [0.3, 0.4) is 0 Å². The van der Waals surface area contributed by atoms with Gasteiger partial charge in [0.15, 0.2) is 0 Å². The molecule has 1 saturated carbocycles. The van der Waals surface area contributed by atoms with Crippen LogP contribution < -0.4 is 11.3 Å². The molecule has 0 bridgehead atoms. The summed E-state index contributed by atoms with van der Waals surface area (Å²) in [6.45, 7) is 0. The Bertz CT molecular complexity index is 241. The minimum absolute atomic E-state index is 0.493. The van der Waals surface area contributed by atoms with Crippen LogP contribution in [0.4, 0.5) is 0 Å². The molecule has 3 heteroatoms. The molecule has 0 spiro atoms. The van der Waals surface area contributed by atoms with Gasteiger partial charge in [0.2, 0.25) is 0 Å². The van der Waals surface area contributed by atoms with Crippen LogP contribution in [0.25, 0.3) is 0 Å². The fourth-order valence-corrected chi connectivity index (χ4v) is 2.61. The van der Waals surface area contributed by atoms with Crippen LogP contribution in [0.15, 0.2) is 17.5 Å². The van der Waals surface area contributed by atoms with Crippen LogP contribution in [0.1, 0.15) is 24.1 Å². The van der Waals surface area contributed by atoms with Crippen LogP contribution in [0.2, 0.25) is 0 Å². The fraction of sp³-hybridized carbons (Fsp3) is 0.600. The number of rotatable bonds is 4. The van der Waals surface area contributed by atoms with E-state index in [1.807, 2.05) is 11.3 Å². The zero-order valence-electron chi connectivity index (χ0n) is 7.70. The number of nitrogens with two attached hydrogens (primary N) is 1. The van der Waals surface area contributed by atoms with Crippen LogP contribution in [0.5, 0.6) is 0 Å². The zero-order valence-corrected chi connectivity index (χ0v) is 8.52. The van der Waals surface area contributed by atoms with Gasteiger partial charge in [-0.05, 0) is 36.6 Å². The maximum atomic E-state index is 5.55. The summed E-state index contributed by atoms with van der Waals surface area (Å²) in [5.74, 6) is 6.37. The second kappa shape index (κ2) is 4.22. The third-order valence-corrected chi connectivity index (χ3v) is 3.83. The van der Waals surface area contributed by atoms with Gasteiger partial charge in [0.05, 0.1) is 0 Å². The summed E-state index contributed by atoms with van der Waals surface area (Å²) < 4.78 is 0. The van der Waals surface area contributed by atoms with Crippen molar-refractivity contribution in [2.45, 2.75) is 31.7 Å². The van der Waals surface area contributed by atoms with Crippen molar-refractivity contribution < 1.29 is 0 Å². The normalized spacial score (nSPS) is 19.8. The molecule has 2 rings (SSSR count). The molecule has 1 aromatic heterocycles. The molecule has 1 aromatic rings. The number of nitrogens with one attached hydrogen (secondary N) is 1. The molecule has 1 aliphatic rings. The SMILES string of the molecule is NNC(Cc1cccs1)C1CCC1. The number of hydrogen-bond donors (Lipinski definition) is 2. The highest BCUT2D eigenvalue weighted by atomic mass is 32.1. The number of hydrogen-bond acceptors (Lipinski definition) is 3. The standard InChI is InChI=1S/C10H16N2S/c11-12-10(8-3-1-4-8)7-9-5-2-6-13-9/h2,5-6,8,10,12H,1,3-4,7,11H2. The van der Waals surface area contributed by atoms with Crippen molar-refractivity contribution >= 4 is 11.3 Å². The van der Waals surface area contributed by atoms with E-state index in [1.165, 1.54) is 24.1 Å². The fourth-order valence-electron chi connectivity index (χ4n) is 1.85. The maximum Gasteiger partial charge on any atom is 0.0286 e. The summed E-state index contributed by atoms with van der Waals surface area (Å²) >= 11 is 1.82. The molecule has 1 atom stereocenters. The molecule has 1 heterocycles. The van der Waals surface area contributed by atoms with Crippen LogP contribution >= 0.6 is 11.3 Å². The molecule has 1 fully saturated rings. The lowest BCUT2D eigenvalue weighted by Gasteiger charge is -2.33. The molecule has 1 aliphatic carbocycles. The summed E-state index contributed by atoms with van der Waals surface area (Å²) in [5.41, 5.74) is 2.95. The summed E-state index contributed by atoms with van der Waals surface area (Å²) in [4.78, 5) is 1.44. The molecule has 13 heavy (non-hydrogen) atoms. The number of thiophene rings is 1. The van der Waals surface area contributed by atoms with E-state index >= 15 is 0 Å². The lowest BCUT2D eigenvalue weighted by atomic mass is 9.78. The molecule has 72 valence electrons. The predicted octanol–water partition coefficient (Wildman–Crippen LogP) is 1.92. The van der Waals surface area contributed by atoms with E-state index in [4.69, 9.17) is 5.84 Å². The van der Waals surface area contributed by atoms with Gasteiger partial charge in [-0.1, -0.05) is 12.5 Å². The van der Waals surface area contributed by atoms with E-state index in [9.17, 15) is 0 Å². The Morgan fingerprint density at radius 1 is 1.62 bits per heavy atom. The number of hydrazine groups is 1. The molecule has 3 N–H and O–H groups in total.